The Labute approximate surface area is 146 Å². The predicted molar refractivity (Wildman–Crippen MR) is 95.1 cm³/mol. The van der Waals surface area contributed by atoms with Gasteiger partial charge in [0.15, 0.2) is 8.68 Å². The van der Waals surface area contributed by atoms with E-state index < -0.39 is 5.91 Å². The number of amides is 2. The molecule has 0 bridgehead atoms. The second-order valence-electron chi connectivity index (χ2n) is 4.74. The Morgan fingerprint density at radius 2 is 1.83 bits per heavy atom. The Morgan fingerprint density at radius 3 is 2.43 bits per heavy atom. The van der Waals surface area contributed by atoms with Crippen LogP contribution >= 0.6 is 34.9 Å². The molecule has 0 spiro atoms. The van der Waals surface area contributed by atoms with Crippen molar-refractivity contribution >= 4 is 52.4 Å². The zero-order chi connectivity index (χ0) is 16.8. The van der Waals surface area contributed by atoms with Crippen molar-refractivity contribution in [2.75, 3.05) is 16.8 Å². The summed E-state index contributed by atoms with van der Waals surface area (Å²) in [5.41, 5.74) is 8.08. The van der Waals surface area contributed by atoms with Gasteiger partial charge >= 0.3 is 0 Å². The van der Waals surface area contributed by atoms with Crippen molar-refractivity contribution in [1.29, 1.82) is 0 Å². The maximum absolute atomic E-state index is 12.0. The lowest BCUT2D eigenvalue weighted by Crippen LogP contribution is -2.14. The van der Waals surface area contributed by atoms with Gasteiger partial charge < -0.3 is 11.1 Å². The largest absolute Gasteiger partial charge is 0.369 e. The minimum atomic E-state index is -0.396. The van der Waals surface area contributed by atoms with Gasteiger partial charge in [-0.3, -0.25) is 9.59 Å². The lowest BCUT2D eigenvalue weighted by molar-refractivity contribution is -0.115. The molecule has 1 aromatic heterocycles. The van der Waals surface area contributed by atoms with Crippen molar-refractivity contribution in [2.45, 2.75) is 22.5 Å². The number of nitrogens with zero attached hydrogens (tertiary/aromatic N) is 2. The van der Waals surface area contributed by atoms with Crippen molar-refractivity contribution in [3.63, 3.8) is 0 Å². The van der Waals surface area contributed by atoms with Crippen LogP contribution in [0.2, 0.25) is 0 Å². The first-order valence-corrected chi connectivity index (χ1v) is 9.47. The molecule has 3 N–H and O–H groups in total. The minimum Gasteiger partial charge on any atom is -0.369 e. The molecule has 1 aromatic carbocycles. The van der Waals surface area contributed by atoms with E-state index in [4.69, 9.17) is 5.73 Å². The standard InChI is InChI=1S/C14H16N4O2S3/c1-8-3-4-10(9(2)5-8)16-12(20)7-22-14-18-17-13(23-14)21-6-11(15)19/h3-5H,6-7H2,1-2H3,(H2,15,19)(H,16,20). The number of primary amides is 1. The van der Waals surface area contributed by atoms with E-state index in [1.165, 1.54) is 34.9 Å². The SMILES string of the molecule is Cc1ccc(NC(=O)CSc2nnc(SCC(N)=O)s2)c(C)c1. The highest BCUT2D eigenvalue weighted by Crippen LogP contribution is 2.28. The summed E-state index contributed by atoms with van der Waals surface area (Å²) < 4.78 is 1.36. The number of aromatic nitrogens is 2. The highest BCUT2D eigenvalue weighted by molar-refractivity contribution is 8.03. The molecular formula is C14H16N4O2S3. The first-order chi connectivity index (χ1) is 10.9. The van der Waals surface area contributed by atoms with Gasteiger partial charge in [0.25, 0.3) is 0 Å². The number of nitrogens with two attached hydrogens (primary N) is 1. The van der Waals surface area contributed by atoms with E-state index in [0.717, 1.165) is 16.8 Å². The van der Waals surface area contributed by atoms with E-state index >= 15 is 0 Å². The third-order valence-electron chi connectivity index (χ3n) is 2.71. The summed E-state index contributed by atoms with van der Waals surface area (Å²) in [6.45, 7) is 3.97. The zero-order valence-corrected chi connectivity index (χ0v) is 15.1. The van der Waals surface area contributed by atoms with Gasteiger partial charge in [-0.25, -0.2) is 0 Å². The first-order valence-electron chi connectivity index (χ1n) is 6.68. The molecule has 23 heavy (non-hydrogen) atoms. The van der Waals surface area contributed by atoms with E-state index in [-0.39, 0.29) is 17.4 Å². The van der Waals surface area contributed by atoms with Gasteiger partial charge in [0.1, 0.15) is 0 Å². The molecule has 9 heteroatoms. The number of carbonyl (C=O) groups is 2. The summed E-state index contributed by atoms with van der Waals surface area (Å²) in [5, 5.41) is 10.8. The lowest BCUT2D eigenvalue weighted by Gasteiger charge is -2.08. The molecule has 2 amide bonds. The quantitative estimate of drug-likeness (QED) is 0.729. The molecule has 1 heterocycles. The van der Waals surface area contributed by atoms with Gasteiger partial charge in [-0.2, -0.15) is 0 Å². The molecule has 2 aromatic rings. The van der Waals surface area contributed by atoms with Crippen LogP contribution in [-0.2, 0) is 9.59 Å². The third kappa shape index (κ3) is 5.85. The molecule has 6 nitrogen and oxygen atoms in total. The summed E-state index contributed by atoms with van der Waals surface area (Å²) in [7, 11) is 0. The maximum Gasteiger partial charge on any atom is 0.234 e. The summed E-state index contributed by atoms with van der Waals surface area (Å²) >= 11 is 3.91. The van der Waals surface area contributed by atoms with Crippen molar-refractivity contribution < 1.29 is 9.59 Å². The number of carbonyl (C=O) groups excluding carboxylic acids is 2. The van der Waals surface area contributed by atoms with Crippen molar-refractivity contribution in [3.8, 4) is 0 Å². The smallest absolute Gasteiger partial charge is 0.234 e. The van der Waals surface area contributed by atoms with Gasteiger partial charge in [0.2, 0.25) is 11.8 Å². The van der Waals surface area contributed by atoms with E-state index in [2.05, 4.69) is 15.5 Å². The molecule has 0 radical (unpaired) electrons. The normalized spacial score (nSPS) is 10.5. The molecule has 0 saturated heterocycles. The summed E-state index contributed by atoms with van der Waals surface area (Å²) in [6.07, 6.45) is 0. The number of benzene rings is 1. The summed E-state index contributed by atoms with van der Waals surface area (Å²) in [6, 6.07) is 5.88. The van der Waals surface area contributed by atoms with E-state index in [0.29, 0.717) is 8.68 Å². The lowest BCUT2D eigenvalue weighted by atomic mass is 10.1. The Kier molecular flexibility index (Phi) is 6.43. The van der Waals surface area contributed by atoms with Gasteiger partial charge in [-0.15, -0.1) is 10.2 Å². The number of rotatable bonds is 7. The Hall–Kier alpha value is -1.58. The van der Waals surface area contributed by atoms with Crippen molar-refractivity contribution in [3.05, 3.63) is 29.3 Å². The molecule has 0 aliphatic carbocycles. The molecule has 122 valence electrons. The van der Waals surface area contributed by atoms with Crippen LogP contribution in [0.4, 0.5) is 5.69 Å². The average Bonchev–Trinajstić information content (AvgIpc) is 2.94. The first kappa shape index (κ1) is 17.8. The maximum atomic E-state index is 12.0. The van der Waals surface area contributed by atoms with Crippen LogP contribution in [0.1, 0.15) is 11.1 Å². The Morgan fingerprint density at radius 1 is 1.17 bits per heavy atom. The predicted octanol–water partition coefficient (Wildman–Crippen LogP) is 2.46. The van der Waals surface area contributed by atoms with Crippen LogP contribution in [0.25, 0.3) is 0 Å². The van der Waals surface area contributed by atoms with Gasteiger partial charge in [0, 0.05) is 5.69 Å². The summed E-state index contributed by atoms with van der Waals surface area (Å²) in [4.78, 5) is 22.7. The number of aryl methyl sites for hydroxylation is 2. The minimum absolute atomic E-state index is 0.0940. The fourth-order valence-electron chi connectivity index (χ4n) is 1.71. The number of hydrogen-bond acceptors (Lipinski definition) is 7. The van der Waals surface area contributed by atoms with Crippen LogP contribution in [0, 0.1) is 13.8 Å². The Balaban J connectivity index is 1.83. The van der Waals surface area contributed by atoms with Crippen molar-refractivity contribution in [2.24, 2.45) is 5.73 Å². The molecule has 0 unspecified atom stereocenters. The van der Waals surface area contributed by atoms with Gasteiger partial charge in [-0.1, -0.05) is 52.6 Å². The topological polar surface area (TPSA) is 98.0 Å². The summed E-state index contributed by atoms with van der Waals surface area (Å²) in [5.74, 6) is -0.0645. The molecular weight excluding hydrogens is 352 g/mol. The zero-order valence-electron chi connectivity index (χ0n) is 12.7. The van der Waals surface area contributed by atoms with Gasteiger partial charge in [-0.05, 0) is 25.5 Å². The Bertz CT molecular complexity index is 718. The fourth-order valence-corrected chi connectivity index (χ4v) is 4.27. The monoisotopic (exact) mass is 368 g/mol. The number of thioether (sulfide) groups is 2. The highest BCUT2D eigenvalue weighted by atomic mass is 32.2. The van der Waals surface area contributed by atoms with Crippen LogP contribution in [0.5, 0.6) is 0 Å². The molecule has 2 rings (SSSR count). The molecule has 0 saturated carbocycles. The van der Waals surface area contributed by atoms with E-state index in [1.807, 2.05) is 32.0 Å². The number of anilines is 1. The van der Waals surface area contributed by atoms with Gasteiger partial charge in [0.05, 0.1) is 11.5 Å². The molecule has 0 aliphatic rings. The van der Waals surface area contributed by atoms with Crippen molar-refractivity contribution in [1.82, 2.24) is 10.2 Å². The van der Waals surface area contributed by atoms with E-state index in [9.17, 15) is 9.59 Å². The van der Waals surface area contributed by atoms with Crippen LogP contribution in [0.15, 0.2) is 26.9 Å². The third-order valence-corrected chi connectivity index (χ3v) is 5.92. The van der Waals surface area contributed by atoms with E-state index in [1.54, 1.807) is 0 Å². The fraction of sp³-hybridized carbons (Fsp3) is 0.286. The number of nitrogens with one attached hydrogen (secondary N) is 1. The second-order valence-corrected chi connectivity index (χ2v) is 8.17. The van der Waals surface area contributed by atoms with Crippen LogP contribution in [-0.4, -0.2) is 33.5 Å². The average molecular weight is 369 g/mol. The number of hydrogen-bond donors (Lipinski definition) is 2. The van der Waals surface area contributed by atoms with Crippen LogP contribution < -0.4 is 11.1 Å². The second kappa shape index (κ2) is 8.32. The molecule has 0 aliphatic heterocycles. The van der Waals surface area contributed by atoms with Crippen LogP contribution in [0.3, 0.4) is 0 Å². The molecule has 0 fully saturated rings. The molecule has 0 atom stereocenters. The highest BCUT2D eigenvalue weighted by Gasteiger charge is 2.10.